The SMILES string of the molecule is O=S(=O)(c1ccccc1)N1[C@@H]2C=C[C@H](C2)[C@@]1(C(F)(F)F)C(F)(F)Cl. The molecule has 0 N–H and O–H groups in total. The number of sulfonamides is 1. The highest BCUT2D eigenvalue weighted by Gasteiger charge is 2.81. The lowest BCUT2D eigenvalue weighted by molar-refractivity contribution is -0.269. The molecule has 0 unspecified atom stereocenters. The molecule has 1 heterocycles. The minimum Gasteiger partial charge on any atom is -0.207 e. The Morgan fingerprint density at radius 3 is 2.17 bits per heavy atom. The van der Waals surface area contributed by atoms with Gasteiger partial charge in [0.15, 0.2) is 0 Å². The number of rotatable bonds is 3. The zero-order valence-corrected chi connectivity index (χ0v) is 13.4. The molecule has 1 aromatic rings. The van der Waals surface area contributed by atoms with E-state index in [1.165, 1.54) is 24.3 Å². The van der Waals surface area contributed by atoms with Crippen molar-refractivity contribution in [3.05, 3.63) is 42.5 Å². The van der Waals surface area contributed by atoms with Crippen molar-refractivity contribution in [3.63, 3.8) is 0 Å². The van der Waals surface area contributed by atoms with Gasteiger partial charge in [0.2, 0.25) is 15.6 Å². The summed E-state index contributed by atoms with van der Waals surface area (Å²) in [6.45, 7) is 0. The molecular formula is C14H11ClF5NO2S. The number of benzene rings is 1. The van der Waals surface area contributed by atoms with Crippen molar-refractivity contribution >= 4 is 21.6 Å². The minimum absolute atomic E-state index is 0.160. The first kappa shape index (κ1) is 17.6. The van der Waals surface area contributed by atoms with Gasteiger partial charge in [-0.15, -0.1) is 0 Å². The average molecular weight is 388 g/mol. The molecule has 24 heavy (non-hydrogen) atoms. The Balaban J connectivity index is 2.28. The summed E-state index contributed by atoms with van der Waals surface area (Å²) in [5.74, 6) is -1.76. The summed E-state index contributed by atoms with van der Waals surface area (Å²) >= 11 is 4.87. The van der Waals surface area contributed by atoms with Crippen LogP contribution in [0.1, 0.15) is 6.42 Å². The molecule has 0 saturated carbocycles. The number of hydrogen-bond acceptors (Lipinski definition) is 2. The van der Waals surface area contributed by atoms with E-state index in [0.29, 0.717) is 0 Å². The molecule has 3 rings (SSSR count). The molecule has 132 valence electrons. The van der Waals surface area contributed by atoms with Crippen LogP contribution in [0.5, 0.6) is 0 Å². The van der Waals surface area contributed by atoms with E-state index in [1.807, 2.05) is 0 Å². The van der Waals surface area contributed by atoms with Crippen molar-refractivity contribution in [2.75, 3.05) is 0 Å². The van der Waals surface area contributed by atoms with E-state index in [4.69, 9.17) is 11.6 Å². The molecule has 0 radical (unpaired) electrons. The molecule has 2 aliphatic rings. The Labute approximate surface area is 139 Å². The van der Waals surface area contributed by atoms with Crippen LogP contribution < -0.4 is 0 Å². The van der Waals surface area contributed by atoms with Crippen LogP contribution in [0.2, 0.25) is 0 Å². The Bertz CT molecular complexity index is 759. The molecule has 2 bridgehead atoms. The molecule has 1 aromatic carbocycles. The van der Waals surface area contributed by atoms with Crippen molar-refractivity contribution < 1.29 is 30.4 Å². The monoisotopic (exact) mass is 387 g/mol. The van der Waals surface area contributed by atoms with Crippen LogP contribution in [0.15, 0.2) is 47.4 Å². The van der Waals surface area contributed by atoms with Crippen LogP contribution in [0.3, 0.4) is 0 Å². The third-order valence-corrected chi connectivity index (χ3v) is 6.64. The second kappa shape index (κ2) is 5.15. The fraction of sp³-hybridized carbons (Fsp3) is 0.429. The lowest BCUT2D eigenvalue weighted by Crippen LogP contribution is -2.70. The van der Waals surface area contributed by atoms with E-state index in [9.17, 15) is 30.4 Å². The summed E-state index contributed by atoms with van der Waals surface area (Å²) in [6, 6.07) is 4.83. The summed E-state index contributed by atoms with van der Waals surface area (Å²) in [4.78, 5) is -0.500. The third-order valence-electron chi connectivity index (χ3n) is 4.41. The van der Waals surface area contributed by atoms with E-state index in [2.05, 4.69) is 0 Å². The van der Waals surface area contributed by atoms with Gasteiger partial charge in [0.25, 0.3) is 0 Å². The summed E-state index contributed by atoms with van der Waals surface area (Å²) in [5, 5.41) is -4.84. The van der Waals surface area contributed by atoms with E-state index in [-0.39, 0.29) is 4.31 Å². The summed E-state index contributed by atoms with van der Waals surface area (Å²) in [7, 11) is -4.85. The van der Waals surface area contributed by atoms with E-state index >= 15 is 0 Å². The fourth-order valence-corrected chi connectivity index (χ4v) is 5.86. The topological polar surface area (TPSA) is 37.4 Å². The quantitative estimate of drug-likeness (QED) is 0.450. The zero-order chi connectivity index (χ0) is 18.0. The van der Waals surface area contributed by atoms with Gasteiger partial charge in [-0.3, -0.25) is 0 Å². The molecule has 1 aliphatic heterocycles. The Hall–Kier alpha value is -1.19. The molecule has 1 fully saturated rings. The number of hydrogen-bond donors (Lipinski definition) is 0. The lowest BCUT2D eigenvalue weighted by atomic mass is 9.85. The van der Waals surface area contributed by atoms with Gasteiger partial charge in [0.05, 0.1) is 4.90 Å². The van der Waals surface area contributed by atoms with Crippen LogP contribution >= 0.6 is 11.6 Å². The first-order valence-corrected chi connectivity index (χ1v) is 8.67. The second-order valence-electron chi connectivity index (χ2n) is 5.67. The predicted octanol–water partition coefficient (Wildman–Crippen LogP) is 3.77. The highest BCUT2D eigenvalue weighted by Crippen LogP contribution is 2.62. The predicted molar refractivity (Wildman–Crippen MR) is 76.1 cm³/mol. The van der Waals surface area contributed by atoms with Gasteiger partial charge in [-0.1, -0.05) is 30.4 Å². The maximum absolute atomic E-state index is 14.0. The van der Waals surface area contributed by atoms with Crippen molar-refractivity contribution in [1.29, 1.82) is 0 Å². The van der Waals surface area contributed by atoms with Crippen LogP contribution in [-0.4, -0.2) is 35.9 Å². The molecular weight excluding hydrogens is 377 g/mol. The average Bonchev–Trinajstić information content (AvgIpc) is 3.05. The summed E-state index contributed by atoms with van der Waals surface area (Å²) in [5.41, 5.74) is -4.02. The van der Waals surface area contributed by atoms with Crippen molar-refractivity contribution in [3.8, 4) is 0 Å². The van der Waals surface area contributed by atoms with E-state index < -0.39 is 50.4 Å². The van der Waals surface area contributed by atoms with Crippen molar-refractivity contribution in [2.45, 2.75) is 34.5 Å². The normalized spacial score (nSPS) is 30.9. The maximum Gasteiger partial charge on any atom is 0.415 e. The molecule has 3 atom stereocenters. The first-order valence-electron chi connectivity index (χ1n) is 6.85. The lowest BCUT2D eigenvalue weighted by Gasteiger charge is -2.46. The standard InChI is InChI=1S/C14H11ClF5NO2S/c15-13(16,17)12(14(18,19)20)9-6-7-10(8-9)21(12)24(22,23)11-4-2-1-3-5-11/h1-7,9-10H,8H2/t9-,10-,12+/m1/s1. The van der Waals surface area contributed by atoms with Gasteiger partial charge in [0.1, 0.15) is 0 Å². The van der Waals surface area contributed by atoms with Crippen LogP contribution in [0.4, 0.5) is 22.0 Å². The smallest absolute Gasteiger partial charge is 0.207 e. The number of alkyl halides is 6. The Morgan fingerprint density at radius 2 is 1.67 bits per heavy atom. The van der Waals surface area contributed by atoms with Crippen LogP contribution in [0.25, 0.3) is 0 Å². The van der Waals surface area contributed by atoms with Crippen LogP contribution in [0, 0.1) is 5.92 Å². The third kappa shape index (κ3) is 2.14. The number of fused-ring (bicyclic) bond motifs is 2. The Morgan fingerprint density at radius 1 is 1.08 bits per heavy atom. The van der Waals surface area contributed by atoms with Crippen LogP contribution in [-0.2, 0) is 10.0 Å². The van der Waals surface area contributed by atoms with E-state index in [1.54, 1.807) is 0 Å². The second-order valence-corrected chi connectivity index (χ2v) is 7.96. The van der Waals surface area contributed by atoms with Gasteiger partial charge < -0.3 is 0 Å². The number of nitrogens with zero attached hydrogens (tertiary/aromatic N) is 1. The summed E-state index contributed by atoms with van der Waals surface area (Å²) in [6.07, 6.45) is -3.80. The molecule has 0 amide bonds. The van der Waals surface area contributed by atoms with Gasteiger partial charge in [-0.25, -0.2) is 8.42 Å². The minimum atomic E-state index is -5.57. The summed E-state index contributed by atoms with van der Waals surface area (Å²) < 4.78 is 94.7. The molecule has 1 saturated heterocycles. The van der Waals surface area contributed by atoms with Gasteiger partial charge in [-0.2, -0.15) is 26.3 Å². The highest BCUT2D eigenvalue weighted by molar-refractivity contribution is 7.89. The zero-order valence-electron chi connectivity index (χ0n) is 11.8. The molecule has 0 aromatic heterocycles. The maximum atomic E-state index is 14.0. The number of halogens is 6. The molecule has 0 spiro atoms. The van der Waals surface area contributed by atoms with Crippen molar-refractivity contribution in [1.82, 2.24) is 4.31 Å². The molecule has 3 nitrogen and oxygen atoms in total. The first-order chi connectivity index (χ1) is 10.9. The fourth-order valence-electron chi connectivity index (χ4n) is 3.49. The highest BCUT2D eigenvalue weighted by atomic mass is 35.5. The Kier molecular flexibility index (Phi) is 3.79. The molecule has 10 heteroatoms. The van der Waals surface area contributed by atoms with Gasteiger partial charge in [0, 0.05) is 12.0 Å². The van der Waals surface area contributed by atoms with Gasteiger partial charge >= 0.3 is 11.6 Å². The van der Waals surface area contributed by atoms with Crippen molar-refractivity contribution in [2.24, 2.45) is 5.92 Å². The largest absolute Gasteiger partial charge is 0.415 e. The molecule has 1 aliphatic carbocycles. The van der Waals surface area contributed by atoms with Gasteiger partial charge in [-0.05, 0) is 30.2 Å². The van der Waals surface area contributed by atoms with E-state index in [0.717, 1.165) is 18.2 Å².